The van der Waals surface area contributed by atoms with Gasteiger partial charge < -0.3 is 5.11 Å². The molecule has 0 unspecified atom stereocenters. The van der Waals surface area contributed by atoms with Gasteiger partial charge in [-0.3, -0.25) is 0 Å². The fourth-order valence-corrected chi connectivity index (χ4v) is 1.66. The van der Waals surface area contributed by atoms with Crippen LogP contribution in [-0.2, 0) is 0 Å². The molecule has 0 saturated heterocycles. The zero-order chi connectivity index (χ0) is 10.8. The highest BCUT2D eigenvalue weighted by molar-refractivity contribution is 9.10. The molecule has 0 aliphatic heterocycles. The first-order valence-electron chi connectivity index (χ1n) is 4.28. The minimum absolute atomic E-state index is 0.132. The van der Waals surface area contributed by atoms with Gasteiger partial charge >= 0.3 is 0 Å². The first kappa shape index (κ1) is 10.5. The summed E-state index contributed by atoms with van der Waals surface area (Å²) in [5, 5.41) is 10.00. The number of aromatic nitrogens is 1. The third-order valence-corrected chi connectivity index (χ3v) is 2.80. The second-order valence-electron chi connectivity index (χ2n) is 3.01. The standard InChI is InChI=1S/C11H7BrClNO/c12-11-10(15)6-5-9(14-11)7-1-3-8(13)4-2-7/h1-6,15H. The Morgan fingerprint density at radius 3 is 2.33 bits per heavy atom. The van der Waals surface area contributed by atoms with Gasteiger partial charge in [0.15, 0.2) is 0 Å². The molecule has 0 bridgehead atoms. The fourth-order valence-electron chi connectivity index (χ4n) is 1.21. The zero-order valence-electron chi connectivity index (χ0n) is 7.61. The van der Waals surface area contributed by atoms with Crippen molar-refractivity contribution >= 4 is 27.5 Å². The molecule has 0 spiro atoms. The maximum atomic E-state index is 9.30. The molecule has 0 radical (unpaired) electrons. The molecule has 0 fully saturated rings. The molecule has 76 valence electrons. The van der Waals surface area contributed by atoms with Crippen molar-refractivity contribution < 1.29 is 5.11 Å². The molecular weight excluding hydrogens is 277 g/mol. The summed E-state index contributed by atoms with van der Waals surface area (Å²) in [6, 6.07) is 10.7. The predicted octanol–water partition coefficient (Wildman–Crippen LogP) is 3.87. The molecule has 0 aliphatic carbocycles. The summed E-state index contributed by atoms with van der Waals surface area (Å²) in [6.45, 7) is 0. The lowest BCUT2D eigenvalue weighted by molar-refractivity contribution is 0.469. The minimum atomic E-state index is 0.132. The van der Waals surface area contributed by atoms with Crippen LogP contribution in [0.25, 0.3) is 11.3 Å². The quantitative estimate of drug-likeness (QED) is 0.806. The van der Waals surface area contributed by atoms with E-state index in [1.54, 1.807) is 24.3 Å². The van der Waals surface area contributed by atoms with Gasteiger partial charge in [-0.15, -0.1) is 0 Å². The number of hydrogen-bond donors (Lipinski definition) is 1. The fraction of sp³-hybridized carbons (Fsp3) is 0. The van der Waals surface area contributed by atoms with E-state index in [0.29, 0.717) is 9.63 Å². The Morgan fingerprint density at radius 1 is 1.07 bits per heavy atom. The molecule has 1 heterocycles. The largest absolute Gasteiger partial charge is 0.505 e. The normalized spacial score (nSPS) is 10.3. The van der Waals surface area contributed by atoms with Crippen LogP contribution in [0.4, 0.5) is 0 Å². The van der Waals surface area contributed by atoms with Crippen LogP contribution >= 0.6 is 27.5 Å². The van der Waals surface area contributed by atoms with Crippen LogP contribution in [0.15, 0.2) is 41.0 Å². The molecule has 0 amide bonds. The average Bonchev–Trinajstić information content (AvgIpc) is 2.23. The van der Waals surface area contributed by atoms with Crippen LogP contribution < -0.4 is 0 Å². The molecule has 1 aromatic heterocycles. The van der Waals surface area contributed by atoms with Crippen molar-refractivity contribution in [2.45, 2.75) is 0 Å². The molecule has 0 saturated carbocycles. The Bertz CT molecular complexity index is 484. The number of aromatic hydroxyl groups is 1. The summed E-state index contributed by atoms with van der Waals surface area (Å²) >= 11 is 8.96. The molecule has 15 heavy (non-hydrogen) atoms. The van der Waals surface area contributed by atoms with Crippen LogP contribution in [0.5, 0.6) is 5.75 Å². The predicted molar refractivity (Wildman–Crippen MR) is 64.0 cm³/mol. The lowest BCUT2D eigenvalue weighted by atomic mass is 10.1. The molecule has 2 rings (SSSR count). The van der Waals surface area contributed by atoms with Crippen molar-refractivity contribution in [3.8, 4) is 17.0 Å². The number of benzene rings is 1. The number of rotatable bonds is 1. The number of pyridine rings is 1. The van der Waals surface area contributed by atoms with Crippen molar-refractivity contribution in [2.24, 2.45) is 0 Å². The lowest BCUT2D eigenvalue weighted by Gasteiger charge is -2.02. The SMILES string of the molecule is Oc1ccc(-c2ccc(Cl)cc2)nc1Br. The molecule has 2 aromatic rings. The topological polar surface area (TPSA) is 33.1 Å². The number of hydrogen-bond acceptors (Lipinski definition) is 2. The number of nitrogens with zero attached hydrogens (tertiary/aromatic N) is 1. The van der Waals surface area contributed by atoms with Crippen molar-refractivity contribution in [1.82, 2.24) is 4.98 Å². The second-order valence-corrected chi connectivity index (χ2v) is 4.20. The third kappa shape index (κ3) is 2.30. The number of halogens is 2. The van der Waals surface area contributed by atoms with Gasteiger partial charge in [0.05, 0.1) is 5.69 Å². The van der Waals surface area contributed by atoms with Gasteiger partial charge in [-0.2, -0.15) is 0 Å². The van der Waals surface area contributed by atoms with Gasteiger partial charge in [0.1, 0.15) is 10.4 Å². The van der Waals surface area contributed by atoms with E-state index in [1.165, 1.54) is 0 Å². The average molecular weight is 285 g/mol. The van der Waals surface area contributed by atoms with E-state index in [0.717, 1.165) is 11.3 Å². The smallest absolute Gasteiger partial charge is 0.148 e. The Kier molecular flexibility index (Phi) is 2.93. The molecule has 4 heteroatoms. The highest BCUT2D eigenvalue weighted by Gasteiger charge is 2.03. The maximum absolute atomic E-state index is 9.30. The van der Waals surface area contributed by atoms with Crippen LogP contribution in [-0.4, -0.2) is 10.1 Å². The highest BCUT2D eigenvalue weighted by atomic mass is 79.9. The Balaban J connectivity index is 2.45. The summed E-state index contributed by atoms with van der Waals surface area (Å²) in [4.78, 5) is 4.20. The lowest BCUT2D eigenvalue weighted by Crippen LogP contribution is -1.84. The van der Waals surface area contributed by atoms with Crippen LogP contribution in [0.3, 0.4) is 0 Å². The van der Waals surface area contributed by atoms with Crippen molar-refractivity contribution in [3.63, 3.8) is 0 Å². The summed E-state index contributed by atoms with van der Waals surface area (Å²) < 4.78 is 0.440. The monoisotopic (exact) mass is 283 g/mol. The van der Waals surface area contributed by atoms with Crippen LogP contribution in [0.2, 0.25) is 5.02 Å². The Morgan fingerprint density at radius 2 is 1.73 bits per heavy atom. The van der Waals surface area contributed by atoms with Crippen molar-refractivity contribution in [1.29, 1.82) is 0 Å². The van der Waals surface area contributed by atoms with E-state index in [4.69, 9.17) is 11.6 Å². The zero-order valence-corrected chi connectivity index (χ0v) is 9.96. The van der Waals surface area contributed by atoms with Crippen LogP contribution in [0, 0.1) is 0 Å². The first-order chi connectivity index (χ1) is 7.16. The van der Waals surface area contributed by atoms with E-state index in [-0.39, 0.29) is 5.75 Å². The molecule has 0 aliphatic rings. The molecule has 1 N–H and O–H groups in total. The summed E-state index contributed by atoms with van der Waals surface area (Å²) in [7, 11) is 0. The van der Waals surface area contributed by atoms with Gasteiger partial charge in [0.2, 0.25) is 0 Å². The van der Waals surface area contributed by atoms with Crippen LogP contribution in [0.1, 0.15) is 0 Å². The second kappa shape index (κ2) is 4.21. The van der Waals surface area contributed by atoms with Gasteiger partial charge in [0, 0.05) is 10.6 Å². The van der Waals surface area contributed by atoms with Gasteiger partial charge in [-0.05, 0) is 40.2 Å². The molecular formula is C11H7BrClNO. The van der Waals surface area contributed by atoms with E-state index in [2.05, 4.69) is 20.9 Å². The van der Waals surface area contributed by atoms with Gasteiger partial charge in [-0.1, -0.05) is 23.7 Å². The van der Waals surface area contributed by atoms with Gasteiger partial charge in [0.25, 0.3) is 0 Å². The first-order valence-corrected chi connectivity index (χ1v) is 5.45. The Labute approximate surface area is 101 Å². The highest BCUT2D eigenvalue weighted by Crippen LogP contribution is 2.26. The van der Waals surface area contributed by atoms with Gasteiger partial charge in [-0.25, -0.2) is 4.98 Å². The van der Waals surface area contributed by atoms with Crippen molar-refractivity contribution in [2.75, 3.05) is 0 Å². The molecule has 1 aromatic carbocycles. The van der Waals surface area contributed by atoms with Crippen molar-refractivity contribution in [3.05, 3.63) is 46.0 Å². The molecule has 2 nitrogen and oxygen atoms in total. The summed E-state index contributed by atoms with van der Waals surface area (Å²) in [6.07, 6.45) is 0. The maximum Gasteiger partial charge on any atom is 0.148 e. The van der Waals surface area contributed by atoms with E-state index < -0.39 is 0 Å². The van der Waals surface area contributed by atoms with E-state index in [1.807, 2.05) is 12.1 Å². The minimum Gasteiger partial charge on any atom is -0.505 e. The Hall–Kier alpha value is -1.06. The third-order valence-electron chi connectivity index (χ3n) is 1.97. The van der Waals surface area contributed by atoms with E-state index in [9.17, 15) is 5.11 Å². The summed E-state index contributed by atoms with van der Waals surface area (Å²) in [5.74, 6) is 0.132. The molecule has 0 atom stereocenters. The summed E-state index contributed by atoms with van der Waals surface area (Å²) in [5.41, 5.74) is 1.75. The van der Waals surface area contributed by atoms with E-state index >= 15 is 0 Å².